The van der Waals surface area contributed by atoms with E-state index in [9.17, 15) is 4.79 Å². The number of rotatable bonds is 3. The van der Waals surface area contributed by atoms with Gasteiger partial charge in [-0.05, 0) is 75.9 Å². The van der Waals surface area contributed by atoms with Crippen LogP contribution < -0.4 is 5.32 Å². The van der Waals surface area contributed by atoms with Crippen molar-refractivity contribution in [2.24, 2.45) is 0 Å². The number of fused-ring (bicyclic) bond motifs is 1. The average molecular weight is 409 g/mol. The number of nitrogens with zero attached hydrogens (tertiary/aromatic N) is 1. The molecule has 0 saturated carbocycles. The lowest BCUT2D eigenvalue weighted by Crippen LogP contribution is -2.16. The van der Waals surface area contributed by atoms with Gasteiger partial charge in [-0.15, -0.1) is 0 Å². The molecule has 1 N–H and O–H groups in total. The second-order valence-electron chi connectivity index (χ2n) is 8.58. The Hall–Kier alpha value is -3.46. The maximum absolute atomic E-state index is 13.6. The number of anilines is 1. The summed E-state index contributed by atoms with van der Waals surface area (Å²) < 4.78 is 0. The van der Waals surface area contributed by atoms with E-state index in [1.807, 2.05) is 32.9 Å². The van der Waals surface area contributed by atoms with Crippen molar-refractivity contribution in [1.29, 1.82) is 0 Å². The number of benzene rings is 3. The van der Waals surface area contributed by atoms with E-state index in [-0.39, 0.29) is 5.91 Å². The summed E-state index contributed by atoms with van der Waals surface area (Å²) in [6, 6.07) is 18.6. The molecule has 0 fully saturated rings. The molecule has 0 atom stereocenters. The Bertz CT molecular complexity index is 1320. The Morgan fingerprint density at radius 3 is 2.13 bits per heavy atom. The van der Waals surface area contributed by atoms with E-state index >= 15 is 0 Å². The summed E-state index contributed by atoms with van der Waals surface area (Å²) in [6.45, 7) is 12.2. The van der Waals surface area contributed by atoms with Crippen molar-refractivity contribution in [2.75, 3.05) is 5.32 Å². The molecular formula is C28H28N2O. The average Bonchev–Trinajstić information content (AvgIpc) is 2.71. The quantitative estimate of drug-likeness (QED) is 0.396. The Labute approximate surface area is 184 Å². The molecule has 0 spiro atoms. The summed E-state index contributed by atoms with van der Waals surface area (Å²) in [6.07, 6.45) is 0. The zero-order chi connectivity index (χ0) is 22.3. The standard InChI is InChI=1S/C28H28N2O/c1-16-8-11-22(12-9-16)27-21(6)25(23-14-18(3)13-20(5)26(23)30-27)28(31)29-24-15-17(2)7-10-19(24)4/h7-15H,1-6H3,(H,29,31). The number of pyridine rings is 1. The van der Waals surface area contributed by atoms with Crippen LogP contribution in [-0.4, -0.2) is 10.9 Å². The number of hydrogen-bond acceptors (Lipinski definition) is 2. The molecule has 3 aromatic carbocycles. The van der Waals surface area contributed by atoms with E-state index in [2.05, 4.69) is 68.6 Å². The molecular weight excluding hydrogens is 380 g/mol. The third-order valence-electron chi connectivity index (χ3n) is 5.86. The Morgan fingerprint density at radius 1 is 0.742 bits per heavy atom. The van der Waals surface area contributed by atoms with E-state index in [4.69, 9.17) is 4.98 Å². The van der Waals surface area contributed by atoms with Crippen LogP contribution in [0.3, 0.4) is 0 Å². The molecule has 1 aromatic heterocycles. The molecule has 4 aromatic rings. The monoisotopic (exact) mass is 408 g/mol. The van der Waals surface area contributed by atoms with Gasteiger partial charge in [-0.2, -0.15) is 0 Å². The van der Waals surface area contributed by atoms with Gasteiger partial charge >= 0.3 is 0 Å². The van der Waals surface area contributed by atoms with E-state index in [0.29, 0.717) is 5.56 Å². The lowest BCUT2D eigenvalue weighted by molar-refractivity contribution is 0.102. The summed E-state index contributed by atoms with van der Waals surface area (Å²) in [7, 11) is 0. The highest BCUT2D eigenvalue weighted by atomic mass is 16.1. The number of hydrogen-bond donors (Lipinski definition) is 1. The molecule has 0 aliphatic heterocycles. The molecule has 0 saturated heterocycles. The Balaban J connectivity index is 1.95. The van der Waals surface area contributed by atoms with Gasteiger partial charge in [0.1, 0.15) is 0 Å². The van der Waals surface area contributed by atoms with Gasteiger partial charge in [0.2, 0.25) is 0 Å². The van der Waals surface area contributed by atoms with Gasteiger partial charge in [-0.25, -0.2) is 4.98 Å². The highest BCUT2D eigenvalue weighted by Crippen LogP contribution is 2.33. The van der Waals surface area contributed by atoms with Gasteiger partial charge in [0.05, 0.1) is 16.8 Å². The first-order chi connectivity index (χ1) is 14.7. The molecule has 3 nitrogen and oxygen atoms in total. The molecule has 1 heterocycles. The minimum atomic E-state index is -0.100. The summed E-state index contributed by atoms with van der Waals surface area (Å²) in [4.78, 5) is 18.7. The van der Waals surface area contributed by atoms with Crippen LogP contribution in [0.25, 0.3) is 22.2 Å². The highest BCUT2D eigenvalue weighted by Gasteiger charge is 2.21. The molecule has 0 bridgehead atoms. The lowest BCUT2D eigenvalue weighted by Gasteiger charge is -2.17. The van der Waals surface area contributed by atoms with Crippen molar-refractivity contribution in [3.05, 3.63) is 93.5 Å². The van der Waals surface area contributed by atoms with E-state index in [1.54, 1.807) is 0 Å². The molecule has 0 radical (unpaired) electrons. The Morgan fingerprint density at radius 2 is 1.42 bits per heavy atom. The van der Waals surface area contributed by atoms with Crippen LogP contribution in [-0.2, 0) is 0 Å². The second-order valence-corrected chi connectivity index (χ2v) is 8.58. The van der Waals surface area contributed by atoms with E-state index in [1.165, 1.54) is 5.56 Å². The van der Waals surface area contributed by atoms with Crippen LogP contribution in [0.1, 0.15) is 43.7 Å². The third kappa shape index (κ3) is 3.96. The van der Waals surface area contributed by atoms with Gasteiger partial charge in [-0.3, -0.25) is 4.79 Å². The maximum atomic E-state index is 13.6. The van der Waals surface area contributed by atoms with Crippen LogP contribution in [0.2, 0.25) is 0 Å². The number of aromatic nitrogens is 1. The van der Waals surface area contributed by atoms with Crippen LogP contribution in [0.5, 0.6) is 0 Å². The first-order valence-corrected chi connectivity index (χ1v) is 10.6. The lowest BCUT2D eigenvalue weighted by atomic mass is 9.94. The van der Waals surface area contributed by atoms with Crippen LogP contribution in [0.15, 0.2) is 54.6 Å². The van der Waals surface area contributed by atoms with Crippen molar-refractivity contribution in [3.63, 3.8) is 0 Å². The predicted molar refractivity (Wildman–Crippen MR) is 130 cm³/mol. The number of carbonyl (C=O) groups excluding carboxylic acids is 1. The number of aryl methyl sites for hydroxylation is 5. The summed E-state index contributed by atoms with van der Waals surface area (Å²) in [5.74, 6) is -0.100. The van der Waals surface area contributed by atoms with Crippen molar-refractivity contribution in [1.82, 2.24) is 4.98 Å². The number of amides is 1. The zero-order valence-corrected chi connectivity index (χ0v) is 19.1. The maximum Gasteiger partial charge on any atom is 0.256 e. The van der Waals surface area contributed by atoms with Crippen molar-refractivity contribution in [2.45, 2.75) is 41.5 Å². The largest absolute Gasteiger partial charge is 0.322 e. The first kappa shape index (κ1) is 20.8. The molecule has 4 rings (SSSR count). The molecule has 0 aliphatic carbocycles. The number of carbonyl (C=O) groups is 1. The SMILES string of the molecule is Cc1ccc(-c2nc3c(C)cc(C)cc3c(C(=O)Nc3cc(C)ccc3C)c2C)cc1. The first-order valence-electron chi connectivity index (χ1n) is 10.6. The van der Waals surface area contributed by atoms with Gasteiger partial charge in [-0.1, -0.05) is 53.6 Å². The molecule has 0 unspecified atom stereocenters. The van der Waals surface area contributed by atoms with Gasteiger partial charge in [0.25, 0.3) is 5.91 Å². The van der Waals surface area contributed by atoms with Crippen LogP contribution >= 0.6 is 0 Å². The fourth-order valence-electron chi connectivity index (χ4n) is 4.16. The summed E-state index contributed by atoms with van der Waals surface area (Å²) in [5.41, 5.74) is 10.7. The number of nitrogens with one attached hydrogen (secondary N) is 1. The van der Waals surface area contributed by atoms with Gasteiger partial charge in [0.15, 0.2) is 0 Å². The zero-order valence-electron chi connectivity index (χ0n) is 19.1. The summed E-state index contributed by atoms with van der Waals surface area (Å²) >= 11 is 0. The van der Waals surface area contributed by atoms with E-state index in [0.717, 1.165) is 55.7 Å². The third-order valence-corrected chi connectivity index (χ3v) is 5.86. The van der Waals surface area contributed by atoms with Crippen LogP contribution in [0.4, 0.5) is 5.69 Å². The molecule has 0 aliphatic rings. The topological polar surface area (TPSA) is 42.0 Å². The smallest absolute Gasteiger partial charge is 0.256 e. The predicted octanol–water partition coefficient (Wildman–Crippen LogP) is 7.00. The molecule has 156 valence electrons. The Kier molecular flexibility index (Phi) is 5.36. The highest BCUT2D eigenvalue weighted by molar-refractivity contribution is 6.15. The second kappa shape index (κ2) is 7.99. The molecule has 31 heavy (non-hydrogen) atoms. The van der Waals surface area contributed by atoms with Crippen molar-refractivity contribution < 1.29 is 4.79 Å². The van der Waals surface area contributed by atoms with Crippen molar-refractivity contribution in [3.8, 4) is 11.3 Å². The normalized spacial score (nSPS) is 11.0. The minimum Gasteiger partial charge on any atom is -0.322 e. The molecule has 3 heteroatoms. The van der Waals surface area contributed by atoms with Crippen LogP contribution in [0, 0.1) is 41.5 Å². The molecule has 1 amide bonds. The summed E-state index contributed by atoms with van der Waals surface area (Å²) in [5, 5.41) is 4.06. The fourth-order valence-corrected chi connectivity index (χ4v) is 4.16. The van der Waals surface area contributed by atoms with E-state index < -0.39 is 0 Å². The van der Waals surface area contributed by atoms with Gasteiger partial charge in [0, 0.05) is 16.6 Å². The van der Waals surface area contributed by atoms with Gasteiger partial charge < -0.3 is 5.32 Å². The fraction of sp³-hybridized carbons (Fsp3) is 0.214. The minimum absolute atomic E-state index is 0.100. The van der Waals surface area contributed by atoms with Crippen molar-refractivity contribution >= 4 is 22.5 Å².